The first-order valence-electron chi connectivity index (χ1n) is 6.95. The largest absolute Gasteiger partial charge is 0.439 e. The molecular formula is C15H19BrN2O. The number of oxazole rings is 1. The van der Waals surface area contributed by atoms with Gasteiger partial charge in [0.05, 0.1) is 4.47 Å². The minimum absolute atomic E-state index is 0.172. The molecule has 102 valence electrons. The average Bonchev–Trinajstić information content (AvgIpc) is 2.83. The number of likely N-dealkylation sites (N-methyl/N-ethyl adjacent to an activating group) is 1. The van der Waals surface area contributed by atoms with Gasteiger partial charge in [-0.15, -0.1) is 0 Å². The molecule has 1 aromatic heterocycles. The highest BCUT2D eigenvalue weighted by Crippen LogP contribution is 2.32. The van der Waals surface area contributed by atoms with Crippen LogP contribution in [0.5, 0.6) is 0 Å². The number of benzene rings is 1. The lowest BCUT2D eigenvalue weighted by molar-refractivity contribution is 0.230. The minimum Gasteiger partial charge on any atom is -0.439 e. The fraction of sp³-hybridized carbons (Fsp3) is 0.533. The smallest absolute Gasteiger partial charge is 0.197 e. The van der Waals surface area contributed by atoms with E-state index in [2.05, 4.69) is 33.3 Å². The van der Waals surface area contributed by atoms with Crippen LogP contribution < -0.4 is 5.32 Å². The molecule has 1 aliphatic carbocycles. The maximum absolute atomic E-state index is 5.93. The molecule has 0 bridgehead atoms. The highest BCUT2D eigenvalue weighted by atomic mass is 79.9. The predicted octanol–water partition coefficient (Wildman–Crippen LogP) is 4.06. The van der Waals surface area contributed by atoms with E-state index in [1.807, 2.05) is 18.2 Å². The van der Waals surface area contributed by atoms with Crippen LogP contribution in [0, 0.1) is 0 Å². The molecule has 1 N–H and O–H groups in total. The van der Waals surface area contributed by atoms with Gasteiger partial charge in [0, 0.05) is 12.0 Å². The number of halogens is 1. The molecular weight excluding hydrogens is 304 g/mol. The number of fused-ring (bicyclic) bond motifs is 1. The molecule has 0 amide bonds. The quantitative estimate of drug-likeness (QED) is 0.926. The Morgan fingerprint density at radius 3 is 2.79 bits per heavy atom. The van der Waals surface area contributed by atoms with Crippen molar-refractivity contribution in [3.63, 3.8) is 0 Å². The Hall–Kier alpha value is -0.870. The summed E-state index contributed by atoms with van der Waals surface area (Å²) >= 11 is 3.52. The van der Waals surface area contributed by atoms with Gasteiger partial charge in [-0.25, -0.2) is 4.98 Å². The number of nitrogens with one attached hydrogen (secondary N) is 1. The van der Waals surface area contributed by atoms with Crippen molar-refractivity contribution < 1.29 is 4.42 Å². The fourth-order valence-corrected chi connectivity index (χ4v) is 3.51. The molecule has 0 saturated heterocycles. The van der Waals surface area contributed by atoms with Crippen molar-refractivity contribution in [2.75, 3.05) is 7.05 Å². The van der Waals surface area contributed by atoms with Crippen LogP contribution in [0.4, 0.5) is 0 Å². The third-order valence-electron chi connectivity index (χ3n) is 4.24. The summed E-state index contributed by atoms with van der Waals surface area (Å²) in [6, 6.07) is 5.99. The number of hydrogen-bond donors (Lipinski definition) is 1. The maximum Gasteiger partial charge on any atom is 0.197 e. The predicted molar refractivity (Wildman–Crippen MR) is 80.3 cm³/mol. The van der Waals surface area contributed by atoms with Crippen LogP contribution in [0.2, 0.25) is 0 Å². The summed E-state index contributed by atoms with van der Waals surface area (Å²) in [5, 5.41) is 3.51. The summed E-state index contributed by atoms with van der Waals surface area (Å²) in [5.41, 5.74) is 1.97. The third-order valence-corrected chi connectivity index (χ3v) is 4.87. The van der Waals surface area contributed by atoms with Crippen molar-refractivity contribution in [2.24, 2.45) is 0 Å². The van der Waals surface area contributed by atoms with Crippen LogP contribution in [0.25, 0.3) is 11.1 Å². The lowest BCUT2D eigenvalue weighted by Crippen LogP contribution is -2.46. The SMILES string of the molecule is CNC1(Cc2nc3cccc(Br)c3o2)CCCCC1. The van der Waals surface area contributed by atoms with Crippen LogP contribution in [0.3, 0.4) is 0 Å². The van der Waals surface area contributed by atoms with E-state index >= 15 is 0 Å². The fourth-order valence-electron chi connectivity index (χ4n) is 3.07. The highest BCUT2D eigenvalue weighted by molar-refractivity contribution is 9.10. The van der Waals surface area contributed by atoms with Crippen molar-refractivity contribution in [3.8, 4) is 0 Å². The lowest BCUT2D eigenvalue weighted by Gasteiger charge is -2.36. The average molecular weight is 323 g/mol. The molecule has 4 heteroatoms. The summed E-state index contributed by atoms with van der Waals surface area (Å²) < 4.78 is 6.91. The van der Waals surface area contributed by atoms with Crippen LogP contribution in [0.15, 0.2) is 27.1 Å². The Kier molecular flexibility index (Phi) is 3.63. The first kappa shape index (κ1) is 13.1. The van der Waals surface area contributed by atoms with Crippen molar-refractivity contribution >= 4 is 27.0 Å². The Morgan fingerprint density at radius 2 is 2.11 bits per heavy atom. The van der Waals surface area contributed by atoms with Gasteiger partial charge < -0.3 is 9.73 Å². The molecule has 3 rings (SSSR count). The first-order valence-corrected chi connectivity index (χ1v) is 7.75. The third kappa shape index (κ3) is 2.56. The Labute approximate surface area is 121 Å². The zero-order chi connectivity index (χ0) is 13.3. The molecule has 3 nitrogen and oxygen atoms in total. The van der Waals surface area contributed by atoms with Gasteiger partial charge in [-0.05, 0) is 48.0 Å². The second-order valence-electron chi connectivity index (χ2n) is 5.46. The number of rotatable bonds is 3. The van der Waals surface area contributed by atoms with Gasteiger partial charge in [0.25, 0.3) is 0 Å². The molecule has 1 aliphatic rings. The Morgan fingerprint density at radius 1 is 1.32 bits per heavy atom. The standard InChI is InChI=1S/C15H19BrN2O/c1-17-15(8-3-2-4-9-15)10-13-18-12-7-5-6-11(16)14(12)19-13/h5-7,17H,2-4,8-10H2,1H3. The molecule has 1 aromatic carbocycles. The van der Waals surface area contributed by atoms with Gasteiger partial charge in [-0.1, -0.05) is 25.3 Å². The number of hydrogen-bond acceptors (Lipinski definition) is 3. The van der Waals surface area contributed by atoms with Gasteiger partial charge in [0.2, 0.25) is 0 Å². The zero-order valence-electron chi connectivity index (χ0n) is 11.2. The molecule has 1 heterocycles. The molecule has 1 fully saturated rings. The summed E-state index contributed by atoms with van der Waals surface area (Å²) in [6.07, 6.45) is 7.25. The van der Waals surface area contributed by atoms with E-state index in [1.165, 1.54) is 32.1 Å². The molecule has 1 saturated carbocycles. The van der Waals surface area contributed by atoms with E-state index in [4.69, 9.17) is 4.42 Å². The van der Waals surface area contributed by atoms with Crippen molar-refractivity contribution in [3.05, 3.63) is 28.6 Å². The summed E-state index contributed by atoms with van der Waals surface area (Å²) in [7, 11) is 2.06. The first-order chi connectivity index (χ1) is 9.22. The minimum atomic E-state index is 0.172. The van der Waals surface area contributed by atoms with Crippen LogP contribution in [-0.2, 0) is 6.42 Å². The molecule has 0 atom stereocenters. The van der Waals surface area contributed by atoms with E-state index in [-0.39, 0.29) is 5.54 Å². The van der Waals surface area contributed by atoms with Gasteiger partial charge in [-0.2, -0.15) is 0 Å². The Balaban J connectivity index is 1.89. The van der Waals surface area contributed by atoms with Gasteiger partial charge in [0.15, 0.2) is 11.5 Å². The van der Waals surface area contributed by atoms with Gasteiger partial charge >= 0.3 is 0 Å². The normalized spacial score (nSPS) is 18.8. The van der Waals surface area contributed by atoms with Crippen LogP contribution in [-0.4, -0.2) is 17.6 Å². The number of aromatic nitrogens is 1. The van der Waals surface area contributed by atoms with Crippen LogP contribution >= 0.6 is 15.9 Å². The summed E-state index contributed by atoms with van der Waals surface area (Å²) in [6.45, 7) is 0. The van der Waals surface area contributed by atoms with E-state index in [0.29, 0.717) is 0 Å². The van der Waals surface area contributed by atoms with Crippen LogP contribution in [0.1, 0.15) is 38.0 Å². The van der Waals surface area contributed by atoms with E-state index in [1.54, 1.807) is 0 Å². The van der Waals surface area contributed by atoms with Crippen molar-refractivity contribution in [1.29, 1.82) is 0 Å². The molecule has 19 heavy (non-hydrogen) atoms. The molecule has 2 aromatic rings. The van der Waals surface area contributed by atoms with E-state index in [0.717, 1.165) is 27.9 Å². The number of para-hydroxylation sites is 1. The van der Waals surface area contributed by atoms with Crippen molar-refractivity contribution in [2.45, 2.75) is 44.1 Å². The molecule has 0 aliphatic heterocycles. The Bertz CT molecular complexity index is 573. The van der Waals surface area contributed by atoms with E-state index in [9.17, 15) is 0 Å². The maximum atomic E-state index is 5.93. The van der Waals surface area contributed by atoms with Gasteiger partial charge in [0.1, 0.15) is 5.52 Å². The zero-order valence-corrected chi connectivity index (χ0v) is 12.8. The number of nitrogens with zero attached hydrogens (tertiary/aromatic N) is 1. The monoisotopic (exact) mass is 322 g/mol. The lowest BCUT2D eigenvalue weighted by atomic mass is 9.79. The van der Waals surface area contributed by atoms with Crippen molar-refractivity contribution in [1.82, 2.24) is 10.3 Å². The second kappa shape index (κ2) is 5.25. The summed E-state index contributed by atoms with van der Waals surface area (Å²) in [4.78, 5) is 4.62. The topological polar surface area (TPSA) is 38.1 Å². The molecule has 0 radical (unpaired) electrons. The summed E-state index contributed by atoms with van der Waals surface area (Å²) in [5.74, 6) is 0.846. The molecule has 0 unspecified atom stereocenters. The highest BCUT2D eigenvalue weighted by Gasteiger charge is 2.32. The van der Waals surface area contributed by atoms with Gasteiger partial charge in [-0.3, -0.25) is 0 Å². The van der Waals surface area contributed by atoms with E-state index < -0.39 is 0 Å². The second-order valence-corrected chi connectivity index (χ2v) is 6.32. The molecule has 0 spiro atoms.